The molecule has 0 amide bonds. The minimum Gasteiger partial charge on any atom is -0.388 e. The molecule has 0 saturated heterocycles. The molecular formula is C9H19N5O. The fourth-order valence-corrected chi connectivity index (χ4v) is 1.30. The van der Waals surface area contributed by atoms with Crippen LogP contribution in [0.25, 0.3) is 0 Å². The van der Waals surface area contributed by atoms with Gasteiger partial charge in [-0.25, -0.2) is 0 Å². The summed E-state index contributed by atoms with van der Waals surface area (Å²) in [6.07, 6.45) is 0.320. The van der Waals surface area contributed by atoms with Crippen LogP contribution in [0.5, 0.6) is 0 Å². The van der Waals surface area contributed by atoms with E-state index in [1.54, 1.807) is 7.05 Å². The second kappa shape index (κ2) is 3.86. The van der Waals surface area contributed by atoms with Crippen LogP contribution < -0.4 is 5.73 Å². The van der Waals surface area contributed by atoms with E-state index in [9.17, 15) is 5.11 Å². The Morgan fingerprint density at radius 1 is 1.40 bits per heavy atom. The van der Waals surface area contributed by atoms with Crippen molar-refractivity contribution in [3.05, 3.63) is 5.82 Å². The fraction of sp³-hybridized carbons (Fsp3) is 0.889. The molecular weight excluding hydrogens is 194 g/mol. The van der Waals surface area contributed by atoms with Crippen LogP contribution in [-0.4, -0.2) is 37.5 Å². The molecule has 0 fully saturated rings. The van der Waals surface area contributed by atoms with Crippen LogP contribution in [0.1, 0.15) is 26.6 Å². The van der Waals surface area contributed by atoms with Crippen molar-refractivity contribution >= 4 is 0 Å². The van der Waals surface area contributed by atoms with E-state index in [1.165, 1.54) is 4.80 Å². The molecule has 1 atom stereocenters. The van der Waals surface area contributed by atoms with Gasteiger partial charge in [0.2, 0.25) is 0 Å². The van der Waals surface area contributed by atoms with Crippen LogP contribution in [0.2, 0.25) is 0 Å². The molecule has 86 valence electrons. The molecule has 15 heavy (non-hydrogen) atoms. The largest absolute Gasteiger partial charge is 0.388 e. The Balaban J connectivity index is 2.86. The highest BCUT2D eigenvalue weighted by Gasteiger charge is 2.40. The van der Waals surface area contributed by atoms with Crippen LogP contribution in [0.3, 0.4) is 0 Å². The highest BCUT2D eigenvalue weighted by molar-refractivity contribution is 4.98. The minimum absolute atomic E-state index is 0.175. The summed E-state index contributed by atoms with van der Waals surface area (Å²) in [6.45, 7) is 6.00. The molecule has 0 saturated carbocycles. The highest BCUT2D eigenvalue weighted by atomic mass is 16.3. The molecule has 0 radical (unpaired) electrons. The van der Waals surface area contributed by atoms with E-state index in [-0.39, 0.29) is 12.0 Å². The van der Waals surface area contributed by atoms with Gasteiger partial charge in [-0.2, -0.15) is 4.80 Å². The Labute approximate surface area is 89.5 Å². The normalized spacial score (nSPS) is 16.4. The van der Waals surface area contributed by atoms with Crippen LogP contribution in [0.4, 0.5) is 0 Å². The van der Waals surface area contributed by atoms with Gasteiger partial charge in [0.25, 0.3) is 0 Å². The van der Waals surface area contributed by atoms with E-state index in [4.69, 9.17) is 5.73 Å². The highest BCUT2D eigenvalue weighted by Crippen LogP contribution is 2.31. The van der Waals surface area contributed by atoms with Gasteiger partial charge in [-0.3, -0.25) is 0 Å². The topological polar surface area (TPSA) is 89.8 Å². The number of aromatic nitrogens is 4. The monoisotopic (exact) mass is 213 g/mol. The van der Waals surface area contributed by atoms with Gasteiger partial charge in [0, 0.05) is 13.0 Å². The first kappa shape index (κ1) is 12.1. The van der Waals surface area contributed by atoms with E-state index in [0.29, 0.717) is 12.2 Å². The molecule has 0 spiro atoms. The number of hydrogen-bond donors (Lipinski definition) is 2. The number of aliphatic hydroxyl groups is 1. The Morgan fingerprint density at radius 2 is 2.00 bits per heavy atom. The molecule has 1 aromatic heterocycles. The van der Waals surface area contributed by atoms with Crippen LogP contribution in [-0.2, 0) is 13.5 Å². The second-order valence-corrected chi connectivity index (χ2v) is 4.86. The van der Waals surface area contributed by atoms with Gasteiger partial charge in [-0.15, -0.1) is 10.2 Å². The number of nitrogens with two attached hydrogens (primary N) is 1. The Bertz CT molecular complexity index is 329. The number of nitrogens with zero attached hydrogens (tertiary/aromatic N) is 4. The predicted octanol–water partition coefficient (Wildman–Crippen LogP) is -0.511. The first-order valence-corrected chi connectivity index (χ1v) is 4.94. The number of tetrazole rings is 1. The summed E-state index contributed by atoms with van der Waals surface area (Å²) < 4.78 is 0. The van der Waals surface area contributed by atoms with E-state index < -0.39 is 5.60 Å². The number of hydrogen-bond acceptors (Lipinski definition) is 5. The molecule has 1 heterocycles. The molecule has 3 N–H and O–H groups in total. The summed E-state index contributed by atoms with van der Waals surface area (Å²) in [5, 5.41) is 22.0. The molecule has 0 aliphatic heterocycles. The van der Waals surface area contributed by atoms with Crippen molar-refractivity contribution in [2.24, 2.45) is 18.2 Å². The van der Waals surface area contributed by atoms with Gasteiger partial charge >= 0.3 is 0 Å². The van der Waals surface area contributed by atoms with Gasteiger partial charge in [0.05, 0.1) is 12.6 Å². The maximum Gasteiger partial charge on any atom is 0.177 e. The van der Waals surface area contributed by atoms with E-state index in [0.717, 1.165) is 0 Å². The van der Waals surface area contributed by atoms with Gasteiger partial charge in [-0.1, -0.05) is 20.8 Å². The third-order valence-corrected chi connectivity index (χ3v) is 2.73. The van der Waals surface area contributed by atoms with Crippen molar-refractivity contribution in [2.75, 3.05) is 6.54 Å². The van der Waals surface area contributed by atoms with Crippen LogP contribution in [0, 0.1) is 5.41 Å². The number of aryl methyl sites for hydroxylation is 1. The lowest BCUT2D eigenvalue weighted by atomic mass is 9.74. The van der Waals surface area contributed by atoms with Gasteiger partial charge in [0.1, 0.15) is 0 Å². The smallest absolute Gasteiger partial charge is 0.177 e. The summed E-state index contributed by atoms with van der Waals surface area (Å²) in [5.41, 5.74) is 4.29. The maximum atomic E-state index is 10.4. The minimum atomic E-state index is -1.00. The SMILES string of the molecule is Cn1nnc(CC(O)(CN)C(C)(C)C)n1. The lowest BCUT2D eigenvalue weighted by Crippen LogP contribution is -2.51. The standard InChI is InChI=1S/C9H19N5O/c1-8(2,3)9(15,6-10)5-7-11-13-14(4)12-7/h15H,5-6,10H2,1-4H3. The summed E-state index contributed by atoms with van der Waals surface area (Å²) in [6, 6.07) is 0. The Kier molecular flexibility index (Phi) is 3.11. The van der Waals surface area contributed by atoms with Crippen molar-refractivity contribution < 1.29 is 5.11 Å². The lowest BCUT2D eigenvalue weighted by molar-refractivity contribution is -0.0505. The lowest BCUT2D eigenvalue weighted by Gasteiger charge is -2.38. The third-order valence-electron chi connectivity index (χ3n) is 2.73. The van der Waals surface area contributed by atoms with Gasteiger partial charge in [0.15, 0.2) is 5.82 Å². The predicted molar refractivity (Wildman–Crippen MR) is 56.0 cm³/mol. The summed E-state index contributed by atoms with van der Waals surface area (Å²) >= 11 is 0. The van der Waals surface area contributed by atoms with Crippen molar-refractivity contribution in [1.82, 2.24) is 20.2 Å². The summed E-state index contributed by atoms with van der Waals surface area (Å²) in [7, 11) is 1.69. The quantitative estimate of drug-likeness (QED) is 0.705. The zero-order valence-electron chi connectivity index (χ0n) is 9.73. The maximum absolute atomic E-state index is 10.4. The first-order valence-electron chi connectivity index (χ1n) is 4.94. The molecule has 0 bridgehead atoms. The van der Waals surface area contributed by atoms with Gasteiger partial charge < -0.3 is 10.8 Å². The van der Waals surface area contributed by atoms with Crippen molar-refractivity contribution in [2.45, 2.75) is 32.8 Å². The summed E-state index contributed by atoms with van der Waals surface area (Å²) in [4.78, 5) is 1.37. The average Bonchev–Trinajstić information content (AvgIpc) is 2.49. The number of rotatable bonds is 3. The zero-order chi connectivity index (χ0) is 11.7. The van der Waals surface area contributed by atoms with E-state index in [1.807, 2.05) is 20.8 Å². The third kappa shape index (κ3) is 2.51. The van der Waals surface area contributed by atoms with Gasteiger partial charge in [-0.05, 0) is 10.6 Å². The fourth-order valence-electron chi connectivity index (χ4n) is 1.30. The van der Waals surface area contributed by atoms with E-state index >= 15 is 0 Å². The second-order valence-electron chi connectivity index (χ2n) is 4.86. The zero-order valence-corrected chi connectivity index (χ0v) is 9.73. The van der Waals surface area contributed by atoms with Crippen molar-refractivity contribution in [1.29, 1.82) is 0 Å². The molecule has 1 aromatic rings. The van der Waals surface area contributed by atoms with Crippen molar-refractivity contribution in [3.8, 4) is 0 Å². The molecule has 0 aliphatic carbocycles. The first-order chi connectivity index (χ1) is 6.78. The van der Waals surface area contributed by atoms with Crippen LogP contribution in [0.15, 0.2) is 0 Å². The van der Waals surface area contributed by atoms with Crippen LogP contribution >= 0.6 is 0 Å². The van der Waals surface area contributed by atoms with Crippen molar-refractivity contribution in [3.63, 3.8) is 0 Å². The molecule has 6 nitrogen and oxygen atoms in total. The average molecular weight is 213 g/mol. The summed E-state index contributed by atoms with van der Waals surface area (Å²) in [5.74, 6) is 0.514. The van der Waals surface area contributed by atoms with E-state index in [2.05, 4.69) is 15.4 Å². The molecule has 6 heteroatoms. The Hall–Kier alpha value is -1.01. The Morgan fingerprint density at radius 3 is 2.33 bits per heavy atom. The molecule has 0 aromatic carbocycles. The molecule has 0 aliphatic rings. The molecule has 1 rings (SSSR count). The molecule has 1 unspecified atom stereocenters.